The van der Waals surface area contributed by atoms with Gasteiger partial charge in [-0.1, -0.05) is 59.7 Å². The molecule has 0 heterocycles. The zero-order chi connectivity index (χ0) is 23.1. The number of carbonyl (C=O) groups is 1. The van der Waals surface area contributed by atoms with Gasteiger partial charge in [-0.3, -0.25) is 9.10 Å². The molecule has 1 N–H and O–H groups in total. The quantitative estimate of drug-likeness (QED) is 0.486. The van der Waals surface area contributed by atoms with E-state index >= 15 is 0 Å². The molecule has 0 bridgehead atoms. The number of benzene rings is 3. The first-order valence-electron chi connectivity index (χ1n) is 10.7. The van der Waals surface area contributed by atoms with Crippen LogP contribution in [-0.4, -0.2) is 27.4 Å². The molecule has 3 aromatic carbocycles. The zero-order valence-corrected chi connectivity index (χ0v) is 19.7. The lowest BCUT2D eigenvalue weighted by atomic mass is 10.1. The van der Waals surface area contributed by atoms with Crippen LogP contribution >= 0.6 is 0 Å². The van der Waals surface area contributed by atoms with E-state index in [1.807, 2.05) is 19.9 Å². The maximum absolute atomic E-state index is 13.4. The molecule has 0 aliphatic rings. The van der Waals surface area contributed by atoms with Gasteiger partial charge in [0.2, 0.25) is 5.91 Å². The Morgan fingerprint density at radius 1 is 0.844 bits per heavy atom. The van der Waals surface area contributed by atoms with Crippen molar-refractivity contribution < 1.29 is 13.2 Å². The van der Waals surface area contributed by atoms with E-state index in [4.69, 9.17) is 0 Å². The van der Waals surface area contributed by atoms with E-state index in [2.05, 4.69) is 36.5 Å². The average molecular weight is 451 g/mol. The molecule has 0 aliphatic carbocycles. The minimum absolute atomic E-state index is 0.164. The first-order chi connectivity index (χ1) is 15.3. The summed E-state index contributed by atoms with van der Waals surface area (Å²) in [5.74, 6) is -0.328. The van der Waals surface area contributed by atoms with Crippen LogP contribution in [0.5, 0.6) is 0 Å². The molecule has 3 rings (SSSR count). The molecule has 0 aliphatic heterocycles. The van der Waals surface area contributed by atoms with Crippen LogP contribution in [0, 0.1) is 20.8 Å². The molecule has 0 unspecified atom stereocenters. The maximum Gasteiger partial charge on any atom is 0.264 e. The van der Waals surface area contributed by atoms with Gasteiger partial charge in [-0.25, -0.2) is 8.42 Å². The van der Waals surface area contributed by atoms with Gasteiger partial charge in [0, 0.05) is 6.54 Å². The second kappa shape index (κ2) is 10.5. The molecule has 32 heavy (non-hydrogen) atoms. The van der Waals surface area contributed by atoms with Gasteiger partial charge in [0.1, 0.15) is 6.54 Å². The second-order valence-electron chi connectivity index (χ2n) is 8.10. The van der Waals surface area contributed by atoms with Crippen LogP contribution in [-0.2, 0) is 21.2 Å². The smallest absolute Gasteiger partial charge is 0.264 e. The second-order valence-corrected chi connectivity index (χ2v) is 9.97. The molecular weight excluding hydrogens is 420 g/mol. The van der Waals surface area contributed by atoms with E-state index in [0.29, 0.717) is 12.2 Å². The van der Waals surface area contributed by atoms with E-state index in [1.54, 1.807) is 42.5 Å². The van der Waals surface area contributed by atoms with Crippen molar-refractivity contribution in [1.29, 1.82) is 0 Å². The lowest BCUT2D eigenvalue weighted by Crippen LogP contribution is -2.41. The van der Waals surface area contributed by atoms with Gasteiger partial charge < -0.3 is 5.32 Å². The number of rotatable bonds is 9. The Morgan fingerprint density at radius 3 is 2.09 bits per heavy atom. The summed E-state index contributed by atoms with van der Waals surface area (Å²) in [4.78, 5) is 12.8. The number of nitrogens with zero attached hydrogens (tertiary/aromatic N) is 1. The van der Waals surface area contributed by atoms with E-state index < -0.39 is 10.0 Å². The molecule has 0 saturated heterocycles. The van der Waals surface area contributed by atoms with Crippen LogP contribution in [0.25, 0.3) is 0 Å². The number of aryl methyl sites for hydroxylation is 4. The van der Waals surface area contributed by atoms with Gasteiger partial charge in [0.15, 0.2) is 0 Å². The van der Waals surface area contributed by atoms with Crippen molar-refractivity contribution in [1.82, 2.24) is 5.32 Å². The van der Waals surface area contributed by atoms with Gasteiger partial charge in [-0.15, -0.1) is 0 Å². The fraction of sp³-hybridized carbons (Fsp3) is 0.269. The van der Waals surface area contributed by atoms with Gasteiger partial charge in [-0.2, -0.15) is 0 Å². The Morgan fingerprint density at radius 2 is 1.47 bits per heavy atom. The van der Waals surface area contributed by atoms with Crippen LogP contribution in [0.4, 0.5) is 5.69 Å². The molecule has 0 aromatic heterocycles. The normalized spacial score (nSPS) is 11.2. The third-order valence-corrected chi connectivity index (χ3v) is 7.06. The summed E-state index contributed by atoms with van der Waals surface area (Å²) in [5, 5.41) is 2.87. The number of nitrogens with one attached hydrogen (secondary N) is 1. The van der Waals surface area contributed by atoms with Gasteiger partial charge in [0.05, 0.1) is 10.6 Å². The number of hydrogen-bond donors (Lipinski definition) is 1. The summed E-state index contributed by atoms with van der Waals surface area (Å²) in [7, 11) is -3.89. The predicted octanol–water partition coefficient (Wildman–Crippen LogP) is 4.56. The number of carbonyl (C=O) groups excluding carboxylic acids is 1. The molecule has 5 nitrogen and oxygen atoms in total. The SMILES string of the molecule is Cc1ccc(CCCNC(=O)CN(c2cccc(C)c2)S(=O)(=O)c2ccc(C)cc2)cc1. The lowest BCUT2D eigenvalue weighted by Gasteiger charge is -2.24. The molecular formula is C26H30N2O3S. The molecule has 3 aromatic rings. The Bertz CT molecular complexity index is 1150. The van der Waals surface area contributed by atoms with Crippen molar-refractivity contribution in [2.75, 3.05) is 17.4 Å². The monoisotopic (exact) mass is 450 g/mol. The molecule has 0 fully saturated rings. The summed E-state index contributed by atoms with van der Waals surface area (Å²) in [6, 6.07) is 22.2. The van der Waals surface area contributed by atoms with Gasteiger partial charge in [-0.05, 0) is 69.0 Å². The van der Waals surface area contributed by atoms with Gasteiger partial charge in [0.25, 0.3) is 10.0 Å². The van der Waals surface area contributed by atoms with Crippen molar-refractivity contribution in [2.45, 2.75) is 38.5 Å². The van der Waals surface area contributed by atoms with E-state index in [1.165, 1.54) is 15.4 Å². The van der Waals surface area contributed by atoms with Crippen molar-refractivity contribution in [3.8, 4) is 0 Å². The zero-order valence-electron chi connectivity index (χ0n) is 18.8. The number of hydrogen-bond acceptors (Lipinski definition) is 3. The van der Waals surface area contributed by atoms with Crippen LogP contribution in [0.1, 0.15) is 28.7 Å². The maximum atomic E-state index is 13.4. The molecule has 6 heteroatoms. The summed E-state index contributed by atoms with van der Waals surface area (Å²) in [6.07, 6.45) is 1.63. The first-order valence-corrected chi connectivity index (χ1v) is 12.2. The van der Waals surface area contributed by atoms with Gasteiger partial charge >= 0.3 is 0 Å². The fourth-order valence-corrected chi connectivity index (χ4v) is 4.81. The van der Waals surface area contributed by atoms with E-state index in [-0.39, 0.29) is 17.3 Å². The fourth-order valence-electron chi connectivity index (χ4n) is 3.40. The van der Waals surface area contributed by atoms with E-state index in [0.717, 1.165) is 24.0 Å². The summed E-state index contributed by atoms with van der Waals surface area (Å²) in [5.41, 5.74) is 4.80. The largest absolute Gasteiger partial charge is 0.355 e. The van der Waals surface area contributed by atoms with Crippen molar-refractivity contribution in [2.24, 2.45) is 0 Å². The molecule has 0 saturated carbocycles. The molecule has 0 atom stereocenters. The Kier molecular flexibility index (Phi) is 7.70. The highest BCUT2D eigenvalue weighted by Crippen LogP contribution is 2.24. The van der Waals surface area contributed by atoms with Crippen molar-refractivity contribution in [3.05, 3.63) is 95.1 Å². The van der Waals surface area contributed by atoms with Crippen LogP contribution in [0.3, 0.4) is 0 Å². The minimum atomic E-state index is -3.89. The highest BCUT2D eigenvalue weighted by Gasteiger charge is 2.27. The van der Waals surface area contributed by atoms with E-state index in [9.17, 15) is 13.2 Å². The topological polar surface area (TPSA) is 66.5 Å². The molecule has 0 radical (unpaired) electrons. The first kappa shape index (κ1) is 23.5. The van der Waals surface area contributed by atoms with Crippen LogP contribution in [0.2, 0.25) is 0 Å². The summed E-state index contributed by atoms with van der Waals surface area (Å²) >= 11 is 0. The molecule has 0 spiro atoms. The van der Waals surface area contributed by atoms with Crippen LogP contribution < -0.4 is 9.62 Å². The highest BCUT2D eigenvalue weighted by molar-refractivity contribution is 7.92. The average Bonchev–Trinajstić information content (AvgIpc) is 2.76. The Labute approximate surface area is 191 Å². The standard InChI is InChI=1S/C26H30N2O3S/c1-20-9-13-23(14-10-20)7-5-17-27-26(29)19-28(24-8-4-6-22(3)18-24)32(30,31)25-15-11-21(2)12-16-25/h4,6,8-16,18H,5,7,17,19H2,1-3H3,(H,27,29). The third kappa shape index (κ3) is 6.20. The molecule has 1 amide bonds. The Balaban J connectivity index is 1.70. The number of amides is 1. The highest BCUT2D eigenvalue weighted by atomic mass is 32.2. The van der Waals surface area contributed by atoms with Crippen LogP contribution in [0.15, 0.2) is 77.7 Å². The summed E-state index contributed by atoms with van der Waals surface area (Å²) in [6.45, 7) is 6.06. The Hall–Kier alpha value is -3.12. The minimum Gasteiger partial charge on any atom is -0.355 e. The summed E-state index contributed by atoms with van der Waals surface area (Å²) < 4.78 is 27.9. The van der Waals surface area contributed by atoms with Crippen molar-refractivity contribution >= 4 is 21.6 Å². The number of sulfonamides is 1. The molecule has 168 valence electrons. The lowest BCUT2D eigenvalue weighted by molar-refractivity contribution is -0.119. The number of anilines is 1. The third-order valence-electron chi connectivity index (χ3n) is 5.27. The van der Waals surface area contributed by atoms with Crippen molar-refractivity contribution in [3.63, 3.8) is 0 Å². The predicted molar refractivity (Wildman–Crippen MR) is 129 cm³/mol.